The summed E-state index contributed by atoms with van der Waals surface area (Å²) in [6, 6.07) is 0. The molecule has 0 saturated carbocycles. The van der Waals surface area contributed by atoms with E-state index in [1.54, 1.807) is 0 Å². The molecule has 105 valence electrons. The van der Waals surface area contributed by atoms with Gasteiger partial charge in [0.1, 0.15) is 0 Å². The van der Waals surface area contributed by atoms with Crippen LogP contribution in [0.25, 0.3) is 0 Å². The summed E-state index contributed by atoms with van der Waals surface area (Å²) in [5.41, 5.74) is 1.44. The van der Waals surface area contributed by atoms with Crippen molar-refractivity contribution in [2.75, 3.05) is 0 Å². The molecule has 0 unspecified atom stereocenters. The number of hydrogen-bond acceptors (Lipinski definition) is 3. The topological polar surface area (TPSA) is 9.72 Å². The Hall–Kier alpha value is 1.40. The highest BCUT2D eigenvalue weighted by molar-refractivity contribution is 6.97. The van der Waals surface area contributed by atoms with Gasteiger partial charge in [-0.25, -0.2) is 11.3 Å². The van der Waals surface area contributed by atoms with E-state index < -0.39 is 27.4 Å². The van der Waals surface area contributed by atoms with Crippen LogP contribution in [0, 0.1) is 0 Å². The van der Waals surface area contributed by atoms with Gasteiger partial charge >= 0.3 is 0 Å². The molecule has 1 rings (SSSR count). The van der Waals surface area contributed by atoms with Gasteiger partial charge in [-0.1, -0.05) is 41.5 Å². The molecule has 3 nitrogen and oxygen atoms in total. The standard InChI is InChI=1S/C9H21Cl3N3Si3/c1-7(2)16-13(10)17(8(3)4)15(12)18(9(5)6)14(16)11/h7-9H,1-6H3. The molecule has 1 aliphatic heterocycles. The lowest BCUT2D eigenvalue weighted by atomic mass is 10.6. The minimum absolute atomic E-state index is 0.480. The van der Waals surface area contributed by atoms with Crippen LogP contribution >= 0.6 is 35.3 Å². The molecule has 0 aliphatic carbocycles. The third-order valence-electron chi connectivity index (χ3n) is 2.76. The molecule has 3 radical (unpaired) electrons. The fourth-order valence-corrected chi connectivity index (χ4v) is 21.7. The zero-order valence-electron chi connectivity index (χ0n) is 11.7. The second-order valence-electron chi connectivity index (χ2n) is 5.38. The lowest BCUT2D eigenvalue weighted by Crippen LogP contribution is -2.72. The van der Waals surface area contributed by atoms with Crippen molar-refractivity contribution < 1.29 is 0 Å². The highest BCUT2D eigenvalue weighted by Crippen LogP contribution is 2.37. The first kappa shape index (κ1) is 17.5. The van der Waals surface area contributed by atoms with Crippen molar-refractivity contribution in [2.45, 2.75) is 58.2 Å². The summed E-state index contributed by atoms with van der Waals surface area (Å²) in [6.45, 7) is 13.2. The third kappa shape index (κ3) is 3.35. The maximum atomic E-state index is 6.59. The third-order valence-corrected chi connectivity index (χ3v) is 15.5. The highest BCUT2D eigenvalue weighted by Gasteiger charge is 2.53. The Bertz CT molecular complexity index is 228. The minimum Gasteiger partial charge on any atom is -0.232 e. The van der Waals surface area contributed by atoms with Gasteiger partial charge in [0.15, 0.2) is 0 Å². The summed E-state index contributed by atoms with van der Waals surface area (Å²) in [4.78, 5) is 0. The van der Waals surface area contributed by atoms with E-state index in [0.717, 1.165) is 0 Å². The van der Waals surface area contributed by atoms with E-state index in [0.29, 0.717) is 16.6 Å². The summed E-state index contributed by atoms with van der Waals surface area (Å²) in [5.74, 6) is 0. The van der Waals surface area contributed by atoms with Crippen molar-refractivity contribution in [1.82, 2.24) is 11.3 Å². The summed E-state index contributed by atoms with van der Waals surface area (Å²) in [5, 5.41) is 0. The van der Waals surface area contributed by atoms with Gasteiger partial charge in [-0.3, -0.25) is 0 Å². The van der Waals surface area contributed by atoms with Crippen LogP contribution in [0.1, 0.15) is 41.5 Å². The van der Waals surface area contributed by atoms with Crippen LogP contribution in [-0.4, -0.2) is 38.6 Å². The lowest BCUT2D eigenvalue weighted by Gasteiger charge is -2.50. The fourth-order valence-electron chi connectivity index (χ4n) is 1.94. The SMILES string of the molecule is CC(C)[Si]1N(Cl)[Si](C(C)C)N(Cl)[Si](C(C)C)N1Cl. The van der Waals surface area contributed by atoms with Crippen LogP contribution in [-0.2, 0) is 0 Å². The molecule has 0 aromatic rings. The van der Waals surface area contributed by atoms with Crippen molar-refractivity contribution in [3.8, 4) is 0 Å². The molecular weight excluding hydrogens is 341 g/mol. The fraction of sp³-hybridized carbons (Fsp3) is 1.00. The molecule has 0 amide bonds. The molecule has 0 atom stereocenters. The van der Waals surface area contributed by atoms with E-state index in [-0.39, 0.29) is 0 Å². The van der Waals surface area contributed by atoms with E-state index in [1.165, 1.54) is 0 Å². The lowest BCUT2D eigenvalue weighted by molar-refractivity contribution is 0.659. The molecule has 0 spiro atoms. The summed E-state index contributed by atoms with van der Waals surface area (Å²) >= 11 is 19.8. The molecular formula is C9H21Cl3N3Si3. The van der Waals surface area contributed by atoms with E-state index in [9.17, 15) is 0 Å². The average molecular weight is 362 g/mol. The predicted molar refractivity (Wildman–Crippen MR) is 85.6 cm³/mol. The van der Waals surface area contributed by atoms with Gasteiger partial charge in [0.05, 0.1) is 0 Å². The van der Waals surface area contributed by atoms with Crippen LogP contribution < -0.4 is 0 Å². The van der Waals surface area contributed by atoms with E-state index in [4.69, 9.17) is 35.3 Å². The number of rotatable bonds is 3. The van der Waals surface area contributed by atoms with E-state index in [2.05, 4.69) is 41.5 Å². The molecule has 0 aromatic heterocycles. The van der Waals surface area contributed by atoms with Crippen molar-refractivity contribution in [3.05, 3.63) is 0 Å². The van der Waals surface area contributed by atoms with Crippen molar-refractivity contribution >= 4 is 62.7 Å². The molecule has 0 aromatic carbocycles. The quantitative estimate of drug-likeness (QED) is 0.554. The van der Waals surface area contributed by atoms with Crippen molar-refractivity contribution in [3.63, 3.8) is 0 Å². The average Bonchev–Trinajstić information content (AvgIpc) is 2.14. The van der Waals surface area contributed by atoms with Crippen molar-refractivity contribution in [1.29, 1.82) is 0 Å². The van der Waals surface area contributed by atoms with Gasteiger partial charge < -0.3 is 0 Å². The molecule has 9 heteroatoms. The Balaban J connectivity index is 3.10. The first-order valence-electron chi connectivity index (χ1n) is 6.18. The van der Waals surface area contributed by atoms with Crippen LogP contribution in [0.3, 0.4) is 0 Å². The molecule has 1 heterocycles. The van der Waals surface area contributed by atoms with Gasteiger partial charge in [-0.15, -0.1) is 0 Å². The highest BCUT2D eigenvalue weighted by atomic mass is 35.5. The van der Waals surface area contributed by atoms with Crippen LogP contribution in [0.15, 0.2) is 0 Å². The monoisotopic (exact) mass is 360 g/mol. The zero-order valence-corrected chi connectivity index (χ0v) is 17.0. The summed E-state index contributed by atoms with van der Waals surface area (Å²) in [7, 11) is -3.23. The Morgan fingerprint density at radius 2 is 0.722 bits per heavy atom. The van der Waals surface area contributed by atoms with Crippen LogP contribution in [0.4, 0.5) is 0 Å². The van der Waals surface area contributed by atoms with Crippen molar-refractivity contribution in [2.24, 2.45) is 0 Å². The number of nitrogens with zero attached hydrogens (tertiary/aromatic N) is 3. The maximum absolute atomic E-state index is 6.59. The Morgan fingerprint density at radius 1 is 0.556 bits per heavy atom. The molecule has 1 saturated heterocycles. The number of halogens is 3. The smallest absolute Gasteiger partial charge is 0.232 e. The van der Waals surface area contributed by atoms with Gasteiger partial charge in [0.25, 0.3) is 0 Å². The molecule has 0 N–H and O–H groups in total. The Morgan fingerprint density at radius 3 is 0.833 bits per heavy atom. The Kier molecular flexibility index (Phi) is 6.70. The molecule has 1 aliphatic rings. The van der Waals surface area contributed by atoms with Gasteiger partial charge in [-0.05, 0) is 52.0 Å². The van der Waals surface area contributed by atoms with Gasteiger partial charge in [0.2, 0.25) is 27.4 Å². The normalized spacial score (nSPS) is 24.0. The van der Waals surface area contributed by atoms with E-state index >= 15 is 0 Å². The minimum atomic E-state index is -1.08. The second-order valence-corrected chi connectivity index (χ2v) is 17.7. The molecule has 0 bridgehead atoms. The summed E-state index contributed by atoms with van der Waals surface area (Å²) in [6.07, 6.45) is 0. The number of hydrogen-bond donors (Lipinski definition) is 0. The van der Waals surface area contributed by atoms with E-state index in [1.807, 2.05) is 11.3 Å². The van der Waals surface area contributed by atoms with Crippen LogP contribution in [0.5, 0.6) is 0 Å². The summed E-state index contributed by atoms with van der Waals surface area (Å²) < 4.78 is 5.96. The Labute approximate surface area is 132 Å². The molecule has 1 fully saturated rings. The predicted octanol–water partition coefficient (Wildman–Crippen LogP) is 4.06. The maximum Gasteiger partial charge on any atom is 0.250 e. The zero-order chi connectivity index (χ0) is 14.2. The first-order chi connectivity index (χ1) is 8.20. The van der Waals surface area contributed by atoms with Crippen LogP contribution in [0.2, 0.25) is 16.6 Å². The molecule has 18 heavy (non-hydrogen) atoms. The second kappa shape index (κ2) is 6.91. The largest absolute Gasteiger partial charge is 0.250 e. The van der Waals surface area contributed by atoms with Gasteiger partial charge in [0, 0.05) is 0 Å². The van der Waals surface area contributed by atoms with Gasteiger partial charge in [-0.2, -0.15) is 0 Å². The first-order valence-corrected chi connectivity index (χ1v) is 11.6.